The normalized spacial score (nSPS) is 19.7. The topological polar surface area (TPSA) is 119 Å². The molecule has 1 aliphatic rings. The van der Waals surface area contributed by atoms with Gasteiger partial charge >= 0.3 is 0 Å². The van der Waals surface area contributed by atoms with Gasteiger partial charge in [-0.25, -0.2) is 9.97 Å². The summed E-state index contributed by atoms with van der Waals surface area (Å²) in [7, 11) is 0. The van der Waals surface area contributed by atoms with Crippen molar-refractivity contribution in [1.82, 2.24) is 19.9 Å². The summed E-state index contributed by atoms with van der Waals surface area (Å²) in [5, 5.41) is 3.34. The predicted octanol–water partition coefficient (Wildman–Crippen LogP) is 2.18. The van der Waals surface area contributed by atoms with Crippen LogP contribution in [-0.4, -0.2) is 32.5 Å². The maximum absolute atomic E-state index is 5.86. The van der Waals surface area contributed by atoms with E-state index in [1.807, 2.05) is 30.3 Å². The van der Waals surface area contributed by atoms with Crippen molar-refractivity contribution in [1.29, 1.82) is 0 Å². The number of nitrogens with one attached hydrogen (secondary N) is 2. The van der Waals surface area contributed by atoms with Crippen molar-refractivity contribution >= 4 is 22.8 Å². The monoisotopic (exact) mass is 337 g/mol. The van der Waals surface area contributed by atoms with Crippen molar-refractivity contribution in [2.24, 2.45) is 5.73 Å². The number of hydrogen-bond donors (Lipinski definition) is 4. The first kappa shape index (κ1) is 15.8. The maximum Gasteiger partial charge on any atom is 0.222 e. The van der Waals surface area contributed by atoms with E-state index in [1.165, 1.54) is 0 Å². The summed E-state index contributed by atoms with van der Waals surface area (Å²) < 4.78 is 0. The van der Waals surface area contributed by atoms with Gasteiger partial charge in [-0.2, -0.15) is 4.98 Å². The van der Waals surface area contributed by atoms with Crippen LogP contribution in [0.25, 0.3) is 11.0 Å². The average molecular weight is 337 g/mol. The van der Waals surface area contributed by atoms with Crippen molar-refractivity contribution in [3.05, 3.63) is 41.9 Å². The molecule has 0 unspecified atom stereocenters. The fourth-order valence-corrected chi connectivity index (χ4v) is 3.28. The minimum atomic E-state index is 0.293. The van der Waals surface area contributed by atoms with Crippen LogP contribution in [0.4, 0.5) is 11.8 Å². The van der Waals surface area contributed by atoms with Crippen molar-refractivity contribution in [3.63, 3.8) is 0 Å². The van der Waals surface area contributed by atoms with Crippen LogP contribution in [0.2, 0.25) is 0 Å². The van der Waals surface area contributed by atoms with Gasteiger partial charge in [-0.3, -0.25) is 0 Å². The molecule has 0 radical (unpaired) electrons. The van der Waals surface area contributed by atoms with Crippen LogP contribution in [0.15, 0.2) is 30.3 Å². The number of H-pyrrole nitrogens is 1. The first-order chi connectivity index (χ1) is 12.2. The van der Waals surface area contributed by atoms with Crippen molar-refractivity contribution < 1.29 is 0 Å². The molecule has 0 saturated heterocycles. The molecule has 4 rings (SSSR count). The number of nitrogens with zero attached hydrogens (tertiary/aromatic N) is 3. The number of nitrogen functional groups attached to an aromatic ring is 1. The maximum atomic E-state index is 5.86. The lowest BCUT2D eigenvalue weighted by molar-refractivity contribution is 0.345. The van der Waals surface area contributed by atoms with E-state index in [0.717, 1.165) is 60.6 Å². The predicted molar refractivity (Wildman–Crippen MR) is 99.3 cm³/mol. The Balaban J connectivity index is 1.32. The second-order valence-electron chi connectivity index (χ2n) is 6.70. The van der Waals surface area contributed by atoms with Gasteiger partial charge in [0.25, 0.3) is 0 Å². The molecule has 7 heteroatoms. The SMILES string of the molecule is Nc1nc(NCCCc2nc3ccccc3[nH]2)cc(C2CC(N)C2)n1. The molecule has 1 aliphatic carbocycles. The van der Waals surface area contributed by atoms with Gasteiger partial charge in [0, 0.05) is 31.0 Å². The highest BCUT2D eigenvalue weighted by atomic mass is 15.1. The summed E-state index contributed by atoms with van der Waals surface area (Å²) in [5.41, 5.74) is 14.8. The van der Waals surface area contributed by atoms with Gasteiger partial charge < -0.3 is 21.8 Å². The molecule has 0 bridgehead atoms. The smallest absolute Gasteiger partial charge is 0.222 e. The molecule has 2 heterocycles. The molecule has 1 saturated carbocycles. The Morgan fingerprint density at radius 2 is 2.00 bits per heavy atom. The number of aromatic amines is 1. The summed E-state index contributed by atoms with van der Waals surface area (Å²) >= 11 is 0. The molecular formula is C18H23N7. The van der Waals surface area contributed by atoms with Crippen LogP contribution in [0.3, 0.4) is 0 Å². The van der Waals surface area contributed by atoms with E-state index in [1.54, 1.807) is 0 Å². The van der Waals surface area contributed by atoms with E-state index in [4.69, 9.17) is 11.5 Å². The van der Waals surface area contributed by atoms with Gasteiger partial charge in [-0.1, -0.05) is 12.1 Å². The van der Waals surface area contributed by atoms with E-state index < -0.39 is 0 Å². The second-order valence-corrected chi connectivity index (χ2v) is 6.70. The van der Waals surface area contributed by atoms with Gasteiger partial charge in [-0.15, -0.1) is 0 Å². The number of anilines is 2. The zero-order valence-electron chi connectivity index (χ0n) is 14.1. The lowest BCUT2D eigenvalue weighted by Gasteiger charge is -2.32. The minimum Gasteiger partial charge on any atom is -0.370 e. The van der Waals surface area contributed by atoms with Crippen LogP contribution < -0.4 is 16.8 Å². The third-order valence-electron chi connectivity index (χ3n) is 4.69. The number of imidazole rings is 1. The van der Waals surface area contributed by atoms with Gasteiger partial charge in [0.2, 0.25) is 5.95 Å². The molecule has 130 valence electrons. The zero-order valence-corrected chi connectivity index (χ0v) is 14.1. The van der Waals surface area contributed by atoms with E-state index >= 15 is 0 Å². The van der Waals surface area contributed by atoms with Gasteiger partial charge in [-0.05, 0) is 31.4 Å². The minimum absolute atomic E-state index is 0.293. The molecule has 1 fully saturated rings. The molecule has 3 aromatic rings. The average Bonchev–Trinajstić information content (AvgIpc) is 2.98. The Morgan fingerprint density at radius 1 is 1.16 bits per heavy atom. The summed E-state index contributed by atoms with van der Waals surface area (Å²) in [6.45, 7) is 0.803. The van der Waals surface area contributed by atoms with Crippen LogP contribution >= 0.6 is 0 Å². The standard InChI is InChI=1S/C18H23N7/c19-12-8-11(9-12)15-10-17(25-18(20)24-15)21-7-3-6-16-22-13-4-1-2-5-14(13)23-16/h1-2,4-5,10-12H,3,6-9,19H2,(H,22,23)(H3,20,21,24,25). The molecule has 0 aliphatic heterocycles. The molecule has 6 N–H and O–H groups in total. The third-order valence-corrected chi connectivity index (χ3v) is 4.69. The lowest BCUT2D eigenvalue weighted by atomic mass is 9.78. The Kier molecular flexibility index (Phi) is 4.23. The summed E-state index contributed by atoms with van der Waals surface area (Å²) in [4.78, 5) is 16.6. The fraction of sp³-hybridized carbons (Fsp3) is 0.389. The molecular weight excluding hydrogens is 314 g/mol. The van der Waals surface area contributed by atoms with Crippen LogP contribution in [0.5, 0.6) is 0 Å². The number of rotatable bonds is 6. The number of benzene rings is 1. The van der Waals surface area contributed by atoms with Gasteiger partial charge in [0.05, 0.1) is 16.7 Å². The number of fused-ring (bicyclic) bond motifs is 1. The summed E-state index contributed by atoms with van der Waals surface area (Å²) in [6, 6.07) is 10.4. The Morgan fingerprint density at radius 3 is 2.80 bits per heavy atom. The molecule has 0 amide bonds. The van der Waals surface area contributed by atoms with Crippen molar-refractivity contribution in [2.75, 3.05) is 17.6 Å². The Hall–Kier alpha value is -2.67. The highest BCUT2D eigenvalue weighted by Gasteiger charge is 2.29. The van der Waals surface area contributed by atoms with E-state index in [0.29, 0.717) is 17.9 Å². The van der Waals surface area contributed by atoms with Gasteiger partial charge in [0.15, 0.2) is 0 Å². The number of hydrogen-bond acceptors (Lipinski definition) is 6. The third kappa shape index (κ3) is 3.56. The quantitative estimate of drug-likeness (QED) is 0.512. The summed E-state index contributed by atoms with van der Waals surface area (Å²) in [5.74, 6) is 2.52. The number of aromatic nitrogens is 4. The lowest BCUT2D eigenvalue weighted by Crippen LogP contribution is -2.35. The zero-order chi connectivity index (χ0) is 17.2. The second kappa shape index (κ2) is 6.68. The first-order valence-electron chi connectivity index (χ1n) is 8.75. The highest BCUT2D eigenvalue weighted by molar-refractivity contribution is 5.74. The molecule has 7 nitrogen and oxygen atoms in total. The summed E-state index contributed by atoms with van der Waals surface area (Å²) in [6.07, 6.45) is 3.78. The van der Waals surface area contributed by atoms with Gasteiger partial charge in [0.1, 0.15) is 11.6 Å². The van der Waals surface area contributed by atoms with E-state index in [2.05, 4.69) is 25.3 Å². The molecule has 25 heavy (non-hydrogen) atoms. The molecule has 2 aromatic heterocycles. The van der Waals surface area contributed by atoms with Crippen LogP contribution in [0.1, 0.15) is 36.7 Å². The number of aryl methyl sites for hydroxylation is 1. The van der Waals surface area contributed by atoms with Crippen molar-refractivity contribution in [3.8, 4) is 0 Å². The number of para-hydroxylation sites is 2. The highest BCUT2D eigenvalue weighted by Crippen LogP contribution is 2.35. The van der Waals surface area contributed by atoms with Crippen LogP contribution in [-0.2, 0) is 6.42 Å². The largest absolute Gasteiger partial charge is 0.370 e. The van der Waals surface area contributed by atoms with Crippen LogP contribution in [0, 0.1) is 0 Å². The Labute approximate surface area is 146 Å². The fourth-order valence-electron chi connectivity index (χ4n) is 3.28. The van der Waals surface area contributed by atoms with E-state index in [-0.39, 0.29) is 0 Å². The Bertz CT molecular complexity index is 834. The van der Waals surface area contributed by atoms with E-state index in [9.17, 15) is 0 Å². The first-order valence-corrected chi connectivity index (χ1v) is 8.75. The van der Waals surface area contributed by atoms with Crippen molar-refractivity contribution in [2.45, 2.75) is 37.6 Å². The molecule has 0 spiro atoms. The molecule has 1 aromatic carbocycles. The molecule has 0 atom stereocenters. The number of nitrogens with two attached hydrogens (primary N) is 2.